The van der Waals surface area contributed by atoms with E-state index in [1.807, 2.05) is 0 Å². The van der Waals surface area contributed by atoms with Gasteiger partial charge in [-0.25, -0.2) is 14.0 Å². The molecule has 2 aromatic rings. The van der Waals surface area contributed by atoms with E-state index >= 15 is 0 Å². The maximum absolute atomic E-state index is 13.8. The number of esters is 2. The van der Waals surface area contributed by atoms with Crippen LogP contribution in [0.25, 0.3) is 0 Å². The summed E-state index contributed by atoms with van der Waals surface area (Å²) in [6.07, 6.45) is 12.3. The molecule has 0 radical (unpaired) electrons. The number of hydrogen-bond acceptors (Lipinski definition) is 4. The Morgan fingerprint density at radius 1 is 0.882 bits per heavy atom. The highest BCUT2D eigenvalue weighted by Crippen LogP contribution is 2.44. The molecule has 0 saturated heterocycles. The lowest BCUT2D eigenvalue weighted by Crippen LogP contribution is -2.35. The highest BCUT2D eigenvalue weighted by molar-refractivity contribution is 5.92. The van der Waals surface area contributed by atoms with Crippen LogP contribution in [0.4, 0.5) is 4.39 Å². The van der Waals surface area contributed by atoms with Crippen molar-refractivity contribution in [3.63, 3.8) is 0 Å². The van der Waals surface area contributed by atoms with Gasteiger partial charge in [0.15, 0.2) is 0 Å². The van der Waals surface area contributed by atoms with E-state index < -0.39 is 11.8 Å². The van der Waals surface area contributed by atoms with Crippen molar-refractivity contribution in [1.82, 2.24) is 0 Å². The number of fused-ring (bicyclic) bond motifs is 1. The normalized spacial score (nSPS) is 24.2. The molecule has 34 heavy (non-hydrogen) atoms. The van der Waals surface area contributed by atoms with Crippen LogP contribution in [-0.2, 0) is 4.74 Å². The van der Waals surface area contributed by atoms with E-state index in [1.165, 1.54) is 75.3 Å². The van der Waals surface area contributed by atoms with Gasteiger partial charge in [-0.15, -0.1) is 0 Å². The van der Waals surface area contributed by atoms with Crippen molar-refractivity contribution in [1.29, 1.82) is 0 Å². The fraction of sp³-hybridized carbons (Fsp3) is 0.517. The summed E-state index contributed by atoms with van der Waals surface area (Å²) in [4.78, 5) is 24.9. The molecule has 4 nitrogen and oxygen atoms in total. The van der Waals surface area contributed by atoms with Crippen molar-refractivity contribution >= 4 is 11.9 Å². The van der Waals surface area contributed by atoms with Crippen LogP contribution in [0, 0.1) is 23.6 Å². The Balaban J connectivity index is 1.25. The molecule has 0 N–H and O–H groups in total. The average Bonchev–Trinajstić information content (AvgIpc) is 2.85. The highest BCUT2D eigenvalue weighted by Gasteiger charge is 2.36. The third-order valence-corrected chi connectivity index (χ3v) is 7.56. The van der Waals surface area contributed by atoms with Crippen LogP contribution >= 0.6 is 0 Å². The molecule has 5 heteroatoms. The molecule has 0 amide bonds. The van der Waals surface area contributed by atoms with Crippen molar-refractivity contribution in [3.8, 4) is 5.75 Å². The van der Waals surface area contributed by atoms with Gasteiger partial charge in [-0.2, -0.15) is 0 Å². The number of halogens is 1. The van der Waals surface area contributed by atoms with E-state index in [2.05, 4.69) is 6.92 Å². The molecule has 0 heterocycles. The molecule has 4 atom stereocenters. The van der Waals surface area contributed by atoms with Gasteiger partial charge < -0.3 is 9.47 Å². The Bertz CT molecular complexity index is 970. The second-order valence-corrected chi connectivity index (χ2v) is 9.93. The topological polar surface area (TPSA) is 52.6 Å². The molecule has 2 aliphatic rings. The van der Waals surface area contributed by atoms with E-state index in [9.17, 15) is 14.0 Å². The summed E-state index contributed by atoms with van der Waals surface area (Å²) < 4.78 is 24.8. The summed E-state index contributed by atoms with van der Waals surface area (Å²) in [7, 11) is 0. The quantitative estimate of drug-likeness (QED) is 0.232. The van der Waals surface area contributed by atoms with E-state index in [1.54, 1.807) is 18.2 Å². The van der Waals surface area contributed by atoms with E-state index in [0.717, 1.165) is 31.1 Å². The molecule has 4 rings (SSSR count). The molecule has 0 unspecified atom stereocenters. The summed E-state index contributed by atoms with van der Waals surface area (Å²) >= 11 is 0. The van der Waals surface area contributed by atoms with Crippen molar-refractivity contribution in [2.75, 3.05) is 0 Å². The van der Waals surface area contributed by atoms with Gasteiger partial charge in [-0.3, -0.25) is 0 Å². The zero-order valence-electron chi connectivity index (χ0n) is 20.0. The van der Waals surface area contributed by atoms with Gasteiger partial charge in [0.1, 0.15) is 17.7 Å². The highest BCUT2D eigenvalue weighted by atomic mass is 19.1. The first kappa shape index (κ1) is 24.4. The lowest BCUT2D eigenvalue weighted by molar-refractivity contribution is -0.00628. The fourth-order valence-corrected chi connectivity index (χ4v) is 5.66. The van der Waals surface area contributed by atoms with Gasteiger partial charge in [0.25, 0.3) is 0 Å². The lowest BCUT2D eigenvalue weighted by Gasteiger charge is -2.42. The number of hydrogen-bond donors (Lipinski definition) is 0. The van der Waals surface area contributed by atoms with Crippen molar-refractivity contribution in [2.24, 2.45) is 17.8 Å². The minimum atomic E-state index is -0.773. The van der Waals surface area contributed by atoms with Crippen molar-refractivity contribution in [2.45, 2.75) is 77.2 Å². The molecule has 0 bridgehead atoms. The SMILES string of the molecule is CCCCC[C@H]1CC[C@H]2C[C@H](OC(=O)c3ccc(OC(=O)c4ccccc4F)cc3)CC[C@@H]2C1. The van der Waals surface area contributed by atoms with Gasteiger partial charge in [0.2, 0.25) is 0 Å². The maximum Gasteiger partial charge on any atom is 0.346 e. The van der Waals surface area contributed by atoms with Gasteiger partial charge in [-0.1, -0.05) is 51.2 Å². The Morgan fingerprint density at radius 2 is 1.62 bits per heavy atom. The Hall–Kier alpha value is -2.69. The lowest BCUT2D eigenvalue weighted by atomic mass is 9.66. The van der Waals surface area contributed by atoms with Crippen LogP contribution in [0.2, 0.25) is 0 Å². The standard InChI is InChI=1S/C29H35FO4/c1-2-3-4-7-20-10-11-23-19-25(17-14-22(23)18-20)34-28(31)21-12-15-24(16-13-21)33-29(32)26-8-5-6-9-27(26)30/h5-6,8-9,12-13,15-16,20,22-23,25H,2-4,7,10-11,14,17-19H2,1H3/t20-,22+,23-,25+/m0/s1. The predicted molar refractivity (Wildman–Crippen MR) is 129 cm³/mol. The van der Waals surface area contributed by atoms with Crippen LogP contribution in [0.1, 0.15) is 91.8 Å². The van der Waals surface area contributed by atoms with E-state index in [-0.39, 0.29) is 23.4 Å². The number of benzene rings is 2. The smallest absolute Gasteiger partial charge is 0.346 e. The molecule has 182 valence electrons. The molecular weight excluding hydrogens is 431 g/mol. The summed E-state index contributed by atoms with van der Waals surface area (Å²) in [5.74, 6) is 0.855. The largest absolute Gasteiger partial charge is 0.459 e. The van der Waals surface area contributed by atoms with Crippen molar-refractivity contribution in [3.05, 3.63) is 65.5 Å². The van der Waals surface area contributed by atoms with Gasteiger partial charge in [-0.05, 0) is 86.3 Å². The predicted octanol–water partition coefficient (Wildman–Crippen LogP) is 7.37. The maximum atomic E-state index is 13.8. The van der Waals surface area contributed by atoms with Gasteiger partial charge >= 0.3 is 11.9 Å². The van der Waals surface area contributed by atoms with E-state index in [4.69, 9.17) is 9.47 Å². The molecule has 2 aromatic carbocycles. The number of unbranched alkanes of at least 4 members (excludes halogenated alkanes) is 2. The fourth-order valence-electron chi connectivity index (χ4n) is 5.66. The second-order valence-electron chi connectivity index (χ2n) is 9.93. The third kappa shape index (κ3) is 6.25. The van der Waals surface area contributed by atoms with E-state index in [0.29, 0.717) is 11.5 Å². The molecule has 0 spiro atoms. The average molecular weight is 467 g/mol. The first-order valence-corrected chi connectivity index (χ1v) is 12.8. The first-order chi connectivity index (χ1) is 16.5. The second kappa shape index (κ2) is 11.6. The Morgan fingerprint density at radius 3 is 2.38 bits per heavy atom. The zero-order chi connectivity index (χ0) is 23.9. The number of carbonyl (C=O) groups excluding carboxylic acids is 2. The monoisotopic (exact) mass is 466 g/mol. The van der Waals surface area contributed by atoms with Gasteiger partial charge in [0.05, 0.1) is 11.1 Å². The molecule has 0 aromatic heterocycles. The number of ether oxygens (including phenoxy) is 2. The first-order valence-electron chi connectivity index (χ1n) is 12.8. The van der Waals surface area contributed by atoms with Gasteiger partial charge in [0, 0.05) is 0 Å². The number of carbonyl (C=O) groups is 2. The minimum Gasteiger partial charge on any atom is -0.459 e. The molecular formula is C29H35FO4. The summed E-state index contributed by atoms with van der Waals surface area (Å²) in [6.45, 7) is 2.26. The molecule has 0 aliphatic heterocycles. The zero-order valence-corrected chi connectivity index (χ0v) is 20.0. The van der Waals surface area contributed by atoms with Crippen LogP contribution in [0.3, 0.4) is 0 Å². The van der Waals surface area contributed by atoms with Crippen LogP contribution in [0.15, 0.2) is 48.5 Å². The van der Waals surface area contributed by atoms with Crippen LogP contribution in [-0.4, -0.2) is 18.0 Å². The molecule has 2 fully saturated rings. The number of rotatable bonds is 8. The molecule has 2 saturated carbocycles. The third-order valence-electron chi connectivity index (χ3n) is 7.56. The Labute approximate surface area is 201 Å². The summed E-state index contributed by atoms with van der Waals surface area (Å²) in [5.41, 5.74) is 0.295. The summed E-state index contributed by atoms with van der Waals surface area (Å²) in [5, 5.41) is 0. The molecule has 2 aliphatic carbocycles. The minimum absolute atomic E-state index is 0.0241. The van der Waals surface area contributed by atoms with Crippen LogP contribution < -0.4 is 4.74 Å². The summed E-state index contributed by atoms with van der Waals surface area (Å²) in [6, 6.07) is 11.9. The van der Waals surface area contributed by atoms with Crippen molar-refractivity contribution < 1.29 is 23.5 Å². The van der Waals surface area contributed by atoms with Crippen LogP contribution in [0.5, 0.6) is 5.75 Å². The Kier molecular flexibility index (Phi) is 8.36.